The van der Waals surface area contributed by atoms with Crippen molar-refractivity contribution in [2.45, 2.75) is 43.7 Å². The molecule has 9 amide bonds. The van der Waals surface area contributed by atoms with Crippen molar-refractivity contribution in [1.82, 2.24) is 30.7 Å². The highest BCUT2D eigenvalue weighted by Gasteiger charge is 2.26. The zero-order valence-corrected chi connectivity index (χ0v) is 29.3. The van der Waals surface area contributed by atoms with E-state index in [4.69, 9.17) is 14.2 Å². The summed E-state index contributed by atoms with van der Waals surface area (Å²) in [4.78, 5) is 109. The van der Waals surface area contributed by atoms with E-state index >= 15 is 0 Å². The molecule has 0 aromatic heterocycles. The number of nitrogens with zero attached hydrogens (tertiary/aromatic N) is 3. The van der Waals surface area contributed by atoms with Crippen LogP contribution in [-0.2, 0) is 57.4 Å². The van der Waals surface area contributed by atoms with Crippen molar-refractivity contribution in [1.29, 1.82) is 0 Å². The molecule has 0 aliphatic carbocycles. The number of hydrogen-bond donors (Lipinski definition) is 6. The van der Waals surface area contributed by atoms with Gasteiger partial charge in [0.2, 0.25) is 17.7 Å². The molecule has 3 heterocycles. The summed E-state index contributed by atoms with van der Waals surface area (Å²) in [5, 5.41) is 38.3. The molecule has 0 radical (unpaired) electrons. The average molecular weight is 765 g/mol. The summed E-state index contributed by atoms with van der Waals surface area (Å²) in [6, 6.07) is 0. The molecule has 0 fully saturated rings. The average Bonchev–Trinajstić information content (AvgIpc) is 3.76. The zero-order valence-electron chi connectivity index (χ0n) is 29.3. The summed E-state index contributed by atoms with van der Waals surface area (Å²) in [6.45, 7) is -2.32. The fraction of sp³-hybridized carbons (Fsp3) is 0.545. The molecule has 3 aliphatic rings. The lowest BCUT2D eigenvalue weighted by Crippen LogP contribution is -2.40. The van der Waals surface area contributed by atoms with Crippen LogP contribution in [0.4, 0.5) is 0 Å². The molecule has 296 valence electrons. The van der Waals surface area contributed by atoms with E-state index in [1.807, 2.05) is 0 Å². The third-order valence-electron chi connectivity index (χ3n) is 7.75. The SMILES string of the molecule is O=C(CCN1C(=O)C=CC1=O)NCC(O)COCC(COCC(O)CNC(=O)CCN1C(=O)C=CC1=O)OCC(O)CNC(=O)CCN1C(=O)C=CC1=O. The molecule has 54 heavy (non-hydrogen) atoms. The second-order valence-corrected chi connectivity index (χ2v) is 12.1. The Bertz CT molecular complexity index is 1390. The summed E-state index contributed by atoms with van der Waals surface area (Å²) in [5.74, 6) is -4.72. The van der Waals surface area contributed by atoms with Gasteiger partial charge >= 0.3 is 0 Å². The minimum atomic E-state index is -1.21. The van der Waals surface area contributed by atoms with Crippen molar-refractivity contribution in [2.24, 2.45) is 0 Å². The molecule has 0 spiro atoms. The number of carbonyl (C=O) groups excluding carboxylic acids is 9. The molecule has 3 aliphatic heterocycles. The fourth-order valence-electron chi connectivity index (χ4n) is 4.79. The fourth-order valence-corrected chi connectivity index (χ4v) is 4.79. The van der Waals surface area contributed by atoms with Gasteiger partial charge in [-0.3, -0.25) is 57.9 Å². The van der Waals surface area contributed by atoms with Crippen molar-refractivity contribution < 1.29 is 72.7 Å². The first-order valence-electron chi connectivity index (χ1n) is 17.0. The Balaban J connectivity index is 1.37. The van der Waals surface area contributed by atoms with Gasteiger partial charge in [-0.05, 0) is 0 Å². The first-order chi connectivity index (χ1) is 25.7. The van der Waals surface area contributed by atoms with Crippen LogP contribution in [0, 0.1) is 0 Å². The standard InChI is InChI=1S/C33H44N6O15/c40-21(13-34-25(43)7-10-37-28(46)1-2-29(37)47)16-52-19-24(54-18-23(42)15-36-27(45)9-12-39-32(50)5-6-33(39)51)20-53-17-22(41)14-35-26(44)8-11-38-30(48)3-4-31(38)49/h1-6,21-24,40-42H,7-20H2,(H,34,43)(H,35,44)(H,36,45). The van der Waals surface area contributed by atoms with Crippen LogP contribution in [-0.4, -0.2) is 180 Å². The smallest absolute Gasteiger partial charge is 0.253 e. The molecule has 0 saturated heterocycles. The highest BCUT2D eigenvalue weighted by Crippen LogP contribution is 2.07. The van der Waals surface area contributed by atoms with E-state index in [-0.39, 0.29) is 91.6 Å². The van der Waals surface area contributed by atoms with Crippen molar-refractivity contribution in [3.05, 3.63) is 36.5 Å². The topological polar surface area (TPSA) is 288 Å². The quantitative estimate of drug-likeness (QED) is 0.0449. The van der Waals surface area contributed by atoms with Gasteiger partial charge in [0, 0.05) is 95.0 Å². The van der Waals surface area contributed by atoms with Gasteiger partial charge in [-0.2, -0.15) is 0 Å². The highest BCUT2D eigenvalue weighted by molar-refractivity contribution is 6.14. The van der Waals surface area contributed by atoms with Crippen LogP contribution in [0.5, 0.6) is 0 Å². The van der Waals surface area contributed by atoms with E-state index in [0.717, 1.165) is 51.2 Å². The number of hydrogen-bond acceptors (Lipinski definition) is 15. The molecule has 0 aromatic carbocycles. The molecule has 6 N–H and O–H groups in total. The largest absolute Gasteiger partial charge is 0.389 e. The molecule has 0 aromatic rings. The van der Waals surface area contributed by atoms with Crippen LogP contribution in [0.15, 0.2) is 36.5 Å². The van der Waals surface area contributed by atoms with Gasteiger partial charge in [0.15, 0.2) is 0 Å². The molecule has 3 unspecified atom stereocenters. The molecule has 3 rings (SSSR count). The van der Waals surface area contributed by atoms with Crippen LogP contribution in [0.1, 0.15) is 19.3 Å². The number of nitrogens with one attached hydrogen (secondary N) is 3. The maximum absolute atomic E-state index is 12.2. The van der Waals surface area contributed by atoms with E-state index < -0.39 is 77.6 Å². The summed E-state index contributed by atoms with van der Waals surface area (Å²) in [6.07, 6.45) is 1.63. The van der Waals surface area contributed by atoms with E-state index in [1.165, 1.54) is 0 Å². The molecular formula is C33H44N6O15. The van der Waals surface area contributed by atoms with Gasteiger partial charge in [-0.25, -0.2) is 0 Å². The molecular weight excluding hydrogens is 720 g/mol. The molecule has 0 saturated carbocycles. The van der Waals surface area contributed by atoms with Crippen LogP contribution >= 0.6 is 0 Å². The lowest BCUT2D eigenvalue weighted by Gasteiger charge is -2.22. The van der Waals surface area contributed by atoms with Crippen LogP contribution in [0.25, 0.3) is 0 Å². The van der Waals surface area contributed by atoms with Gasteiger partial charge in [-0.15, -0.1) is 0 Å². The highest BCUT2D eigenvalue weighted by atomic mass is 16.6. The van der Waals surface area contributed by atoms with Gasteiger partial charge < -0.3 is 45.5 Å². The Morgan fingerprint density at radius 1 is 0.481 bits per heavy atom. The summed E-state index contributed by atoms with van der Waals surface area (Å²) in [5.41, 5.74) is 0. The van der Waals surface area contributed by atoms with Gasteiger partial charge in [0.25, 0.3) is 35.4 Å². The number of imide groups is 3. The number of aliphatic hydroxyl groups excluding tert-OH is 3. The number of aliphatic hydroxyl groups is 3. The van der Waals surface area contributed by atoms with Crippen LogP contribution in [0.2, 0.25) is 0 Å². The van der Waals surface area contributed by atoms with E-state index in [0.29, 0.717) is 0 Å². The number of ether oxygens (including phenoxy) is 3. The lowest BCUT2D eigenvalue weighted by atomic mass is 10.3. The first kappa shape index (κ1) is 43.2. The maximum atomic E-state index is 12.2. The normalized spacial score (nSPS) is 17.5. The third kappa shape index (κ3) is 15.0. The van der Waals surface area contributed by atoms with E-state index in [1.54, 1.807) is 0 Å². The van der Waals surface area contributed by atoms with E-state index in [9.17, 15) is 58.5 Å². The van der Waals surface area contributed by atoms with Gasteiger partial charge in [-0.1, -0.05) is 0 Å². The number of rotatable bonds is 26. The summed E-state index contributed by atoms with van der Waals surface area (Å²) >= 11 is 0. The van der Waals surface area contributed by atoms with Crippen molar-refractivity contribution in [3.8, 4) is 0 Å². The Kier molecular flexibility index (Phi) is 17.7. The van der Waals surface area contributed by atoms with Crippen LogP contribution in [0.3, 0.4) is 0 Å². The number of carbonyl (C=O) groups is 9. The van der Waals surface area contributed by atoms with E-state index in [2.05, 4.69) is 16.0 Å². The zero-order chi connectivity index (χ0) is 39.6. The number of amides is 9. The Morgan fingerprint density at radius 3 is 1.06 bits per heavy atom. The minimum absolute atomic E-state index is 0.127. The van der Waals surface area contributed by atoms with Gasteiger partial charge in [0.05, 0.1) is 51.3 Å². The Morgan fingerprint density at radius 2 is 0.759 bits per heavy atom. The van der Waals surface area contributed by atoms with Crippen LogP contribution < -0.4 is 16.0 Å². The lowest BCUT2D eigenvalue weighted by molar-refractivity contribution is -0.139. The Labute approximate surface area is 308 Å². The molecule has 0 bridgehead atoms. The minimum Gasteiger partial charge on any atom is -0.389 e. The van der Waals surface area contributed by atoms with Gasteiger partial charge in [0.1, 0.15) is 6.10 Å². The Hall–Kier alpha value is -5.19. The maximum Gasteiger partial charge on any atom is 0.253 e. The van der Waals surface area contributed by atoms with Crippen molar-refractivity contribution in [2.75, 3.05) is 72.3 Å². The third-order valence-corrected chi connectivity index (χ3v) is 7.75. The second kappa shape index (κ2) is 22.1. The molecule has 21 heteroatoms. The predicted octanol–water partition coefficient (Wildman–Crippen LogP) is -5.22. The molecule has 21 nitrogen and oxygen atoms in total. The first-order valence-corrected chi connectivity index (χ1v) is 17.0. The van der Waals surface area contributed by atoms with Crippen molar-refractivity contribution in [3.63, 3.8) is 0 Å². The predicted molar refractivity (Wildman–Crippen MR) is 180 cm³/mol. The summed E-state index contributed by atoms with van der Waals surface area (Å²) < 4.78 is 16.7. The molecule has 3 atom stereocenters. The summed E-state index contributed by atoms with van der Waals surface area (Å²) in [7, 11) is 0. The monoisotopic (exact) mass is 764 g/mol. The van der Waals surface area contributed by atoms with Crippen molar-refractivity contribution >= 4 is 53.2 Å². The second-order valence-electron chi connectivity index (χ2n) is 12.1.